The fourth-order valence-corrected chi connectivity index (χ4v) is 12.2. The van der Waals surface area contributed by atoms with Crippen molar-refractivity contribution < 1.29 is 37.4 Å². The summed E-state index contributed by atoms with van der Waals surface area (Å²) < 4.78 is 56.7. The van der Waals surface area contributed by atoms with E-state index in [4.69, 9.17) is 47.4 Å². The van der Waals surface area contributed by atoms with Crippen molar-refractivity contribution in [3.8, 4) is 33.8 Å². The van der Waals surface area contributed by atoms with Crippen LogP contribution in [0, 0.1) is 27.7 Å². The molecule has 0 radical (unpaired) electrons. The van der Waals surface area contributed by atoms with Gasteiger partial charge in [-0.15, -0.1) is 0 Å². The van der Waals surface area contributed by atoms with Gasteiger partial charge in [0.15, 0.2) is 0 Å². The fourth-order valence-electron chi connectivity index (χ4n) is 12.2. The topological polar surface area (TPSA) is 131 Å². The lowest BCUT2D eigenvalue weighted by molar-refractivity contribution is 0.00578. The minimum absolute atomic E-state index is 0.222. The summed E-state index contributed by atoms with van der Waals surface area (Å²) in [6.45, 7) is 48.0. The summed E-state index contributed by atoms with van der Waals surface area (Å²) in [4.78, 5) is 19.4. The summed E-state index contributed by atoms with van der Waals surface area (Å²) in [6, 6.07) is 23.8. The maximum atomic E-state index is 7.33. The molecule has 12 nitrogen and oxygen atoms in total. The molecule has 3 aromatic carbocycles. The lowest BCUT2D eigenvalue weighted by atomic mass is 9.75. The third kappa shape index (κ3) is 9.97. The van der Waals surface area contributed by atoms with Crippen LogP contribution in [0.4, 0.5) is 0 Å². The van der Waals surface area contributed by atoms with Gasteiger partial charge in [0.05, 0.1) is 56.4 Å². The number of hydrogen-bond donors (Lipinski definition) is 2. The Balaban J connectivity index is 1.30. The van der Waals surface area contributed by atoms with Crippen molar-refractivity contribution in [3.63, 3.8) is 0 Å². The molecule has 0 spiro atoms. The van der Waals surface area contributed by atoms with Gasteiger partial charge in [0, 0.05) is 60.7 Å². The number of rotatable bonds is 3. The van der Waals surface area contributed by atoms with Crippen LogP contribution in [0.3, 0.4) is 0 Å². The third-order valence-corrected chi connectivity index (χ3v) is 20.3. The number of ether oxygens (including phenoxy) is 2. The molecule has 85 heavy (non-hydrogen) atoms. The third-order valence-electron chi connectivity index (χ3n) is 20.3. The standard InChI is InChI=1S/C70H85B3N4O8/c1-38-40(3)48-37-79-60-28-24-43(64(8,9)10)30-46(60)62-57-32-49(71-80-65(11,12)66(13,14)81-71)53(75-57)31-44-25-26-52(74-44)61(45-29-42(63(5,6)7)23-27-59(45)78-36-47(38)39(2)41(48)4)56-33-50(72-82-67(15,16)68(17,18)83-72)54(76-56)35-55-51(34-58(62)77-55)73-84-69(19,20)70(21,22)85-73/h23-35,74,77H,36-37H2,1-22H3. The number of nitrogens with zero attached hydrogens (tertiary/aromatic N) is 2. The smallest absolute Gasteiger partial charge is 0.488 e. The van der Waals surface area contributed by atoms with Crippen LogP contribution in [-0.4, -0.2) is 74.9 Å². The molecule has 15 heteroatoms. The van der Waals surface area contributed by atoms with Crippen molar-refractivity contribution in [2.24, 2.45) is 0 Å². The normalized spacial score (nSPS) is 20.1. The molecule has 3 saturated heterocycles. The first kappa shape index (κ1) is 59.2. The summed E-state index contributed by atoms with van der Waals surface area (Å²) in [5.41, 5.74) is 16.4. The van der Waals surface area contributed by atoms with Gasteiger partial charge in [0.25, 0.3) is 0 Å². The van der Waals surface area contributed by atoms with Gasteiger partial charge in [-0.25, -0.2) is 9.97 Å². The van der Waals surface area contributed by atoms with E-state index in [0.717, 1.165) is 94.1 Å². The first-order valence-electron chi connectivity index (χ1n) is 30.4. The zero-order valence-corrected chi connectivity index (χ0v) is 54.3. The highest BCUT2D eigenvalue weighted by Gasteiger charge is 2.56. The molecule has 6 aromatic rings. The zero-order chi connectivity index (χ0) is 61.3. The molecule has 0 amide bonds. The van der Waals surface area contributed by atoms with E-state index in [1.165, 1.54) is 11.1 Å². The van der Waals surface area contributed by atoms with E-state index in [0.29, 0.717) is 47.5 Å². The van der Waals surface area contributed by atoms with Gasteiger partial charge in [0.1, 0.15) is 24.7 Å². The largest absolute Gasteiger partial charge is 0.497 e. The van der Waals surface area contributed by atoms with Crippen molar-refractivity contribution in [1.29, 1.82) is 0 Å². The minimum atomic E-state index is -0.794. The van der Waals surface area contributed by atoms with E-state index in [-0.39, 0.29) is 10.8 Å². The van der Waals surface area contributed by atoms with E-state index in [2.05, 4.69) is 241 Å². The Labute approximate surface area is 504 Å². The Morgan fingerprint density at radius 2 is 0.812 bits per heavy atom. The van der Waals surface area contributed by atoms with Gasteiger partial charge in [-0.1, -0.05) is 53.7 Å². The molecule has 0 aliphatic carbocycles. The van der Waals surface area contributed by atoms with Crippen LogP contribution in [0.15, 0.2) is 66.7 Å². The lowest BCUT2D eigenvalue weighted by Gasteiger charge is -2.32. The molecular formula is C70H85B3N4O8. The Hall–Kier alpha value is -6.19. The van der Waals surface area contributed by atoms with E-state index >= 15 is 0 Å². The van der Waals surface area contributed by atoms with Crippen molar-refractivity contribution in [1.82, 2.24) is 19.9 Å². The van der Waals surface area contributed by atoms with Crippen molar-refractivity contribution in [2.45, 2.75) is 210 Å². The van der Waals surface area contributed by atoms with Crippen LogP contribution in [0.5, 0.6) is 11.5 Å². The number of nitrogens with one attached hydrogen (secondary N) is 2. The zero-order valence-electron chi connectivity index (χ0n) is 54.3. The molecule has 0 saturated carbocycles. The van der Waals surface area contributed by atoms with Crippen LogP contribution in [0.25, 0.3) is 67.4 Å². The lowest BCUT2D eigenvalue weighted by Crippen LogP contribution is -2.41. The highest BCUT2D eigenvalue weighted by Crippen LogP contribution is 2.49. The monoisotopic (exact) mass is 1140 g/mol. The Morgan fingerprint density at radius 3 is 1.22 bits per heavy atom. The molecule has 12 bridgehead atoms. The molecule has 9 aliphatic heterocycles. The SMILES string of the molecule is Cc1c(C)c2c(C)c(C)c1COc1ccc(C(C)(C)C)cc1-c1c3nc(cc4[nH]c(cc4B4OC(C)(C)C(C)(C)O4)c(c4nc(cc5ccc1[nH]5)C(B1OC(C)(C)C(C)(C)O1)=C4)-c1cc(C(C)(C)C)ccc1OC2)C(B1OC(C)(C)C(C)(C)O1)=C3. The highest BCUT2D eigenvalue weighted by molar-refractivity contribution is 6.71. The molecule has 12 heterocycles. The summed E-state index contributed by atoms with van der Waals surface area (Å²) >= 11 is 0. The summed E-state index contributed by atoms with van der Waals surface area (Å²) in [7, 11) is -2.34. The van der Waals surface area contributed by atoms with Gasteiger partial charge in [0.2, 0.25) is 0 Å². The molecule has 15 rings (SSSR count). The van der Waals surface area contributed by atoms with Crippen LogP contribution >= 0.6 is 0 Å². The van der Waals surface area contributed by atoms with Gasteiger partial charge < -0.3 is 47.4 Å². The predicted molar refractivity (Wildman–Crippen MR) is 347 cm³/mol. The van der Waals surface area contributed by atoms with Crippen molar-refractivity contribution in [3.05, 3.63) is 134 Å². The second kappa shape index (κ2) is 19.7. The summed E-state index contributed by atoms with van der Waals surface area (Å²) in [5.74, 6) is 1.41. The van der Waals surface area contributed by atoms with Crippen molar-refractivity contribution >= 4 is 72.0 Å². The number of aromatic amines is 2. The van der Waals surface area contributed by atoms with Gasteiger partial charge >= 0.3 is 21.4 Å². The molecule has 0 unspecified atom stereocenters. The molecule has 9 aliphatic rings. The van der Waals surface area contributed by atoms with Gasteiger partial charge in [-0.2, -0.15) is 0 Å². The Morgan fingerprint density at radius 1 is 0.424 bits per heavy atom. The second-order valence-electron chi connectivity index (χ2n) is 29.6. The van der Waals surface area contributed by atoms with Gasteiger partial charge in [-0.05, 0) is 233 Å². The average Bonchev–Trinajstić information content (AvgIpc) is 1.94. The van der Waals surface area contributed by atoms with Crippen LogP contribution < -0.4 is 14.9 Å². The quantitative estimate of drug-likeness (QED) is 0.165. The number of hydrogen-bond acceptors (Lipinski definition) is 10. The molecule has 0 atom stereocenters. The van der Waals surface area contributed by atoms with E-state index in [9.17, 15) is 0 Å². The Bertz CT molecular complexity index is 3960. The van der Waals surface area contributed by atoms with Gasteiger partial charge in [-0.3, -0.25) is 0 Å². The van der Waals surface area contributed by atoms with E-state index < -0.39 is 55.0 Å². The summed E-state index contributed by atoms with van der Waals surface area (Å²) in [5, 5.41) is 0. The highest BCUT2D eigenvalue weighted by atomic mass is 16.7. The second-order valence-corrected chi connectivity index (χ2v) is 29.6. The number of benzene rings is 3. The average molecular weight is 1140 g/mol. The first-order valence-corrected chi connectivity index (χ1v) is 30.4. The number of H-pyrrole nitrogens is 2. The minimum Gasteiger partial charge on any atom is -0.488 e. The van der Waals surface area contributed by atoms with Crippen LogP contribution in [0.2, 0.25) is 0 Å². The molecule has 442 valence electrons. The van der Waals surface area contributed by atoms with Crippen molar-refractivity contribution in [2.75, 3.05) is 0 Å². The van der Waals surface area contributed by atoms with E-state index in [1.807, 2.05) is 0 Å². The Kier molecular flexibility index (Phi) is 13.7. The fraction of sp³-hybridized carbons (Fsp3) is 0.457. The first-order chi connectivity index (χ1) is 39.4. The summed E-state index contributed by atoms with van der Waals surface area (Å²) in [6.07, 6.45) is 4.28. The van der Waals surface area contributed by atoms with Crippen LogP contribution in [0.1, 0.15) is 192 Å². The van der Waals surface area contributed by atoms with E-state index in [1.54, 1.807) is 0 Å². The molecule has 3 fully saturated rings. The van der Waals surface area contributed by atoms with Crippen LogP contribution in [-0.2, 0) is 52.0 Å². The number of aromatic nitrogens is 4. The molecule has 2 N–H and O–H groups in total. The maximum absolute atomic E-state index is 7.33. The molecular weight excluding hydrogens is 1060 g/mol. The maximum Gasteiger partial charge on any atom is 0.497 e. The molecule has 3 aromatic heterocycles. The predicted octanol–water partition coefficient (Wildman–Crippen LogP) is 15.6.